The van der Waals surface area contributed by atoms with E-state index >= 15 is 0 Å². The molecule has 0 saturated heterocycles. The molecule has 21 heavy (non-hydrogen) atoms. The summed E-state index contributed by atoms with van der Waals surface area (Å²) >= 11 is 1.49. The van der Waals surface area contributed by atoms with Crippen LogP contribution < -0.4 is 5.32 Å². The number of nitrogens with zero attached hydrogens (tertiary/aromatic N) is 4. The Kier molecular flexibility index (Phi) is 3.87. The summed E-state index contributed by atoms with van der Waals surface area (Å²) in [4.78, 5) is 11.8. The molecule has 0 aliphatic heterocycles. The molecule has 7 nitrogen and oxygen atoms in total. The first kappa shape index (κ1) is 13.6. The van der Waals surface area contributed by atoms with Gasteiger partial charge in [0.05, 0.1) is 0 Å². The highest BCUT2D eigenvalue weighted by molar-refractivity contribution is 7.99. The Morgan fingerprint density at radius 2 is 2.33 bits per heavy atom. The third kappa shape index (κ3) is 3.22. The van der Waals surface area contributed by atoms with Gasteiger partial charge in [0.25, 0.3) is 0 Å². The Morgan fingerprint density at radius 1 is 1.43 bits per heavy atom. The van der Waals surface area contributed by atoms with E-state index in [1.165, 1.54) is 11.8 Å². The summed E-state index contributed by atoms with van der Waals surface area (Å²) in [6.45, 7) is 1.77. The third-order valence-electron chi connectivity index (χ3n) is 2.74. The maximum absolute atomic E-state index is 11.8. The molecule has 1 amide bonds. The van der Waals surface area contributed by atoms with Crippen LogP contribution in [0.3, 0.4) is 0 Å². The van der Waals surface area contributed by atoms with Crippen LogP contribution in [-0.2, 0) is 4.79 Å². The molecule has 0 fully saturated rings. The van der Waals surface area contributed by atoms with Gasteiger partial charge in [-0.15, -0.1) is 10.2 Å². The number of nitrogens with one attached hydrogen (secondary N) is 1. The first-order chi connectivity index (χ1) is 10.2. The van der Waals surface area contributed by atoms with Gasteiger partial charge in [-0.25, -0.2) is 0 Å². The first-order valence-corrected chi connectivity index (χ1v) is 7.37. The average molecular weight is 303 g/mol. The highest BCUT2D eigenvalue weighted by Crippen LogP contribution is 2.17. The quantitative estimate of drug-likeness (QED) is 0.727. The molecule has 0 aromatic carbocycles. The van der Waals surface area contributed by atoms with Crippen molar-refractivity contribution >= 4 is 29.1 Å². The number of hydrogen-bond acceptors (Lipinski definition) is 6. The predicted octanol–water partition coefficient (Wildman–Crippen LogP) is 2.15. The van der Waals surface area contributed by atoms with Gasteiger partial charge < -0.3 is 9.84 Å². The predicted molar refractivity (Wildman–Crippen MR) is 78.2 cm³/mol. The summed E-state index contributed by atoms with van der Waals surface area (Å²) in [7, 11) is 0. The van der Waals surface area contributed by atoms with Crippen LogP contribution in [0, 0.1) is 6.92 Å². The Balaban J connectivity index is 1.53. The zero-order valence-corrected chi connectivity index (χ0v) is 12.1. The zero-order chi connectivity index (χ0) is 14.7. The highest BCUT2D eigenvalue weighted by Gasteiger charge is 2.09. The van der Waals surface area contributed by atoms with Crippen molar-refractivity contribution < 1.29 is 9.32 Å². The number of amides is 1. The van der Waals surface area contributed by atoms with Crippen molar-refractivity contribution in [2.45, 2.75) is 18.5 Å². The fourth-order valence-corrected chi connectivity index (χ4v) is 2.65. The Morgan fingerprint density at radius 3 is 3.14 bits per heavy atom. The molecule has 3 heterocycles. The molecule has 0 atom stereocenters. The molecule has 3 rings (SSSR count). The van der Waals surface area contributed by atoms with Crippen LogP contribution in [0.15, 0.2) is 40.1 Å². The lowest BCUT2D eigenvalue weighted by molar-refractivity contribution is -0.115. The van der Waals surface area contributed by atoms with Gasteiger partial charge in [0.1, 0.15) is 5.76 Å². The lowest BCUT2D eigenvalue weighted by Gasteiger charge is -2.01. The molecule has 0 unspecified atom stereocenters. The first-order valence-electron chi connectivity index (χ1n) is 6.38. The summed E-state index contributed by atoms with van der Waals surface area (Å²) in [5.41, 5.74) is 0.794. The van der Waals surface area contributed by atoms with Crippen molar-refractivity contribution in [3.63, 3.8) is 0 Å². The van der Waals surface area contributed by atoms with Crippen LogP contribution in [-0.4, -0.2) is 31.4 Å². The number of hydrogen-bond donors (Lipinski definition) is 1. The van der Waals surface area contributed by atoms with E-state index in [4.69, 9.17) is 4.52 Å². The van der Waals surface area contributed by atoms with E-state index in [1.807, 2.05) is 28.8 Å². The van der Waals surface area contributed by atoms with Gasteiger partial charge in [-0.3, -0.25) is 9.20 Å². The van der Waals surface area contributed by atoms with Crippen molar-refractivity contribution in [2.24, 2.45) is 0 Å². The largest absolute Gasteiger partial charge is 0.360 e. The van der Waals surface area contributed by atoms with Gasteiger partial charge >= 0.3 is 0 Å². The Labute approximate surface area is 124 Å². The molecule has 0 saturated carbocycles. The Bertz CT molecular complexity index is 767. The van der Waals surface area contributed by atoms with Crippen molar-refractivity contribution in [1.82, 2.24) is 19.8 Å². The number of fused-ring (bicyclic) bond motifs is 1. The number of thioether (sulfide) groups is 1. The summed E-state index contributed by atoms with van der Waals surface area (Å²) < 4.78 is 6.78. The minimum atomic E-state index is -0.107. The van der Waals surface area contributed by atoms with Crippen molar-refractivity contribution in [2.75, 3.05) is 11.1 Å². The molecular weight excluding hydrogens is 290 g/mol. The van der Waals surface area contributed by atoms with Crippen molar-refractivity contribution in [1.29, 1.82) is 0 Å². The van der Waals surface area contributed by atoms with Crippen LogP contribution in [0.1, 0.15) is 12.2 Å². The smallest absolute Gasteiger partial charge is 0.226 e. The highest BCUT2D eigenvalue weighted by atomic mass is 32.2. The lowest BCUT2D eigenvalue weighted by atomic mass is 10.4. The summed E-state index contributed by atoms with van der Waals surface area (Å²) in [5.74, 6) is 1.60. The molecule has 0 bridgehead atoms. The van der Waals surface area contributed by atoms with E-state index in [9.17, 15) is 4.79 Å². The molecule has 3 aromatic rings. The van der Waals surface area contributed by atoms with Gasteiger partial charge in [-0.2, -0.15) is 0 Å². The SMILES string of the molecule is Cc1cc(NC(=O)CCSc2nnc3ccccn23)no1. The maximum Gasteiger partial charge on any atom is 0.226 e. The van der Waals surface area contributed by atoms with E-state index in [2.05, 4.69) is 20.7 Å². The topological polar surface area (TPSA) is 85.3 Å². The second kappa shape index (κ2) is 5.96. The van der Waals surface area contributed by atoms with Crippen LogP contribution in [0.5, 0.6) is 0 Å². The maximum atomic E-state index is 11.8. The minimum absolute atomic E-state index is 0.107. The lowest BCUT2D eigenvalue weighted by Crippen LogP contribution is -2.12. The van der Waals surface area contributed by atoms with E-state index in [0.717, 1.165) is 10.8 Å². The van der Waals surface area contributed by atoms with E-state index in [1.54, 1.807) is 13.0 Å². The van der Waals surface area contributed by atoms with Crippen molar-refractivity contribution in [3.05, 3.63) is 36.2 Å². The number of aromatic nitrogens is 4. The molecule has 8 heteroatoms. The van der Waals surface area contributed by atoms with Crippen LogP contribution in [0.2, 0.25) is 0 Å². The molecule has 3 aromatic heterocycles. The van der Waals surface area contributed by atoms with Crippen LogP contribution in [0.25, 0.3) is 5.65 Å². The fourth-order valence-electron chi connectivity index (χ4n) is 1.78. The van der Waals surface area contributed by atoms with E-state index in [0.29, 0.717) is 23.8 Å². The second-order valence-corrected chi connectivity index (χ2v) is 5.44. The van der Waals surface area contributed by atoms with E-state index in [-0.39, 0.29) is 5.91 Å². The summed E-state index contributed by atoms with van der Waals surface area (Å²) in [6.07, 6.45) is 2.26. The standard InChI is InChI=1S/C13H13N5O2S/c1-9-8-10(17-20-9)14-12(19)5-7-21-13-16-15-11-4-2-3-6-18(11)13/h2-4,6,8H,5,7H2,1H3,(H,14,17,19). The van der Waals surface area contributed by atoms with Gasteiger partial charge in [-0.1, -0.05) is 23.0 Å². The third-order valence-corrected chi connectivity index (χ3v) is 3.68. The Hall–Kier alpha value is -2.35. The average Bonchev–Trinajstić information content (AvgIpc) is 3.06. The van der Waals surface area contributed by atoms with Gasteiger partial charge in [0.2, 0.25) is 5.91 Å². The van der Waals surface area contributed by atoms with Crippen LogP contribution in [0.4, 0.5) is 5.82 Å². The monoisotopic (exact) mass is 303 g/mol. The number of pyridine rings is 1. The molecule has 108 valence electrons. The number of carbonyl (C=O) groups is 1. The fraction of sp³-hybridized carbons (Fsp3) is 0.231. The molecule has 0 aliphatic carbocycles. The number of aryl methyl sites for hydroxylation is 1. The molecule has 0 aliphatic rings. The molecule has 0 spiro atoms. The molecular formula is C13H13N5O2S. The van der Waals surface area contributed by atoms with Crippen LogP contribution >= 0.6 is 11.8 Å². The number of anilines is 1. The van der Waals surface area contributed by atoms with Crippen molar-refractivity contribution in [3.8, 4) is 0 Å². The minimum Gasteiger partial charge on any atom is -0.360 e. The second-order valence-electron chi connectivity index (χ2n) is 4.38. The molecule has 0 radical (unpaired) electrons. The summed E-state index contributed by atoms with van der Waals surface area (Å²) in [5, 5.41) is 15.3. The normalized spacial score (nSPS) is 10.9. The summed E-state index contributed by atoms with van der Waals surface area (Å²) in [6, 6.07) is 7.39. The van der Waals surface area contributed by atoms with Gasteiger partial charge in [0.15, 0.2) is 16.6 Å². The van der Waals surface area contributed by atoms with E-state index < -0.39 is 0 Å². The zero-order valence-electron chi connectivity index (χ0n) is 11.3. The number of carbonyl (C=O) groups excluding carboxylic acids is 1. The number of rotatable bonds is 5. The van der Waals surface area contributed by atoms with Gasteiger partial charge in [-0.05, 0) is 19.1 Å². The van der Waals surface area contributed by atoms with Gasteiger partial charge in [0, 0.05) is 24.4 Å². The molecule has 1 N–H and O–H groups in total.